The lowest BCUT2D eigenvalue weighted by Crippen LogP contribution is -2.30. The van der Waals surface area contributed by atoms with Gasteiger partial charge < -0.3 is 14.2 Å². The molecular formula is C56H108O6. The second kappa shape index (κ2) is 48.9. The Morgan fingerprint density at radius 2 is 0.613 bits per heavy atom. The van der Waals surface area contributed by atoms with Crippen molar-refractivity contribution in [1.82, 2.24) is 0 Å². The highest BCUT2D eigenvalue weighted by Crippen LogP contribution is 2.18. The molecule has 0 aliphatic carbocycles. The van der Waals surface area contributed by atoms with Crippen LogP contribution in [0.1, 0.15) is 311 Å². The van der Waals surface area contributed by atoms with E-state index < -0.39 is 6.10 Å². The number of esters is 3. The molecule has 2 atom stereocenters. The normalized spacial score (nSPS) is 12.5. The summed E-state index contributed by atoms with van der Waals surface area (Å²) in [7, 11) is 0. The molecule has 0 heterocycles. The standard InChI is InChI=1S/C56H108O6/c1-6-8-9-10-11-12-13-20-26-31-36-41-46-54(57)60-49-53(50-61-55(58)47-42-37-32-27-23-22-25-30-35-40-45-52(5)7-2)62-56(59)48-43-38-33-28-21-18-16-14-15-17-19-24-29-34-39-44-51(3)4/h51-53H,6-50H2,1-5H3/t52?,53-/m1/s1. The van der Waals surface area contributed by atoms with Crippen molar-refractivity contribution in [3.05, 3.63) is 0 Å². The molecule has 6 nitrogen and oxygen atoms in total. The van der Waals surface area contributed by atoms with E-state index in [9.17, 15) is 14.4 Å². The molecular weight excluding hydrogens is 769 g/mol. The molecule has 368 valence electrons. The minimum atomic E-state index is -0.762. The highest BCUT2D eigenvalue weighted by Gasteiger charge is 2.19. The third kappa shape index (κ3) is 47.9. The maximum absolute atomic E-state index is 12.8. The highest BCUT2D eigenvalue weighted by molar-refractivity contribution is 5.71. The molecule has 62 heavy (non-hydrogen) atoms. The van der Waals surface area contributed by atoms with Gasteiger partial charge in [0, 0.05) is 19.3 Å². The van der Waals surface area contributed by atoms with Gasteiger partial charge in [-0.25, -0.2) is 0 Å². The second-order valence-electron chi connectivity index (χ2n) is 19.9. The van der Waals surface area contributed by atoms with Crippen molar-refractivity contribution in [2.45, 2.75) is 317 Å². The zero-order chi connectivity index (χ0) is 45.4. The summed E-state index contributed by atoms with van der Waals surface area (Å²) in [6.45, 7) is 11.4. The van der Waals surface area contributed by atoms with Crippen molar-refractivity contribution in [3.63, 3.8) is 0 Å². The molecule has 0 saturated carbocycles. The van der Waals surface area contributed by atoms with Gasteiger partial charge in [-0.1, -0.05) is 272 Å². The lowest BCUT2D eigenvalue weighted by molar-refractivity contribution is -0.167. The summed E-state index contributed by atoms with van der Waals surface area (Å²) in [5.74, 6) is 0.875. The Labute approximate surface area is 387 Å². The first kappa shape index (κ1) is 60.4. The van der Waals surface area contributed by atoms with Crippen molar-refractivity contribution in [1.29, 1.82) is 0 Å². The van der Waals surface area contributed by atoms with Gasteiger partial charge in [0.15, 0.2) is 6.10 Å². The van der Waals surface area contributed by atoms with Gasteiger partial charge in [-0.2, -0.15) is 0 Å². The molecule has 0 fully saturated rings. The van der Waals surface area contributed by atoms with Crippen LogP contribution in [0.3, 0.4) is 0 Å². The number of carbonyl (C=O) groups excluding carboxylic acids is 3. The van der Waals surface area contributed by atoms with Gasteiger partial charge in [0.25, 0.3) is 0 Å². The summed E-state index contributed by atoms with van der Waals surface area (Å²) < 4.78 is 16.9. The maximum Gasteiger partial charge on any atom is 0.306 e. The molecule has 6 heteroatoms. The second-order valence-corrected chi connectivity index (χ2v) is 19.9. The van der Waals surface area contributed by atoms with Gasteiger partial charge >= 0.3 is 17.9 Å². The number of rotatable bonds is 50. The molecule has 0 aliphatic rings. The lowest BCUT2D eigenvalue weighted by atomic mass is 9.99. The number of ether oxygens (including phenoxy) is 3. The van der Waals surface area contributed by atoms with Crippen molar-refractivity contribution < 1.29 is 28.6 Å². The summed E-state index contributed by atoms with van der Waals surface area (Å²) in [5.41, 5.74) is 0. The van der Waals surface area contributed by atoms with E-state index in [1.165, 1.54) is 199 Å². The summed E-state index contributed by atoms with van der Waals surface area (Å²) in [6, 6.07) is 0. The van der Waals surface area contributed by atoms with E-state index in [4.69, 9.17) is 14.2 Å². The van der Waals surface area contributed by atoms with E-state index in [1.54, 1.807) is 0 Å². The van der Waals surface area contributed by atoms with E-state index >= 15 is 0 Å². The minimum Gasteiger partial charge on any atom is -0.462 e. The van der Waals surface area contributed by atoms with E-state index in [1.807, 2.05) is 0 Å². The predicted octanol–water partition coefficient (Wildman–Crippen LogP) is 18.1. The van der Waals surface area contributed by atoms with Gasteiger partial charge in [0.1, 0.15) is 13.2 Å². The van der Waals surface area contributed by atoms with E-state index in [-0.39, 0.29) is 31.1 Å². The maximum atomic E-state index is 12.8. The van der Waals surface area contributed by atoms with Gasteiger partial charge in [0.2, 0.25) is 0 Å². The van der Waals surface area contributed by atoms with Crippen LogP contribution in [0.5, 0.6) is 0 Å². The number of unbranched alkanes of at least 4 members (excludes halogenated alkanes) is 34. The summed E-state index contributed by atoms with van der Waals surface area (Å²) in [4.78, 5) is 38.0. The van der Waals surface area contributed by atoms with Crippen molar-refractivity contribution in [2.24, 2.45) is 11.8 Å². The fourth-order valence-electron chi connectivity index (χ4n) is 8.49. The molecule has 0 aliphatic heterocycles. The van der Waals surface area contributed by atoms with Gasteiger partial charge in [-0.15, -0.1) is 0 Å². The zero-order valence-electron chi connectivity index (χ0n) is 42.5. The molecule has 0 amide bonds. The van der Waals surface area contributed by atoms with Crippen molar-refractivity contribution >= 4 is 17.9 Å². The average molecular weight is 877 g/mol. The Morgan fingerprint density at radius 1 is 0.339 bits per heavy atom. The predicted molar refractivity (Wildman–Crippen MR) is 266 cm³/mol. The molecule has 0 aromatic rings. The summed E-state index contributed by atoms with van der Waals surface area (Å²) in [6.07, 6.45) is 50.8. The fourth-order valence-corrected chi connectivity index (χ4v) is 8.49. The van der Waals surface area contributed by atoms with Crippen LogP contribution in [0.25, 0.3) is 0 Å². The van der Waals surface area contributed by atoms with E-state index in [0.717, 1.165) is 69.6 Å². The van der Waals surface area contributed by atoms with Crippen LogP contribution in [-0.4, -0.2) is 37.2 Å². The van der Waals surface area contributed by atoms with Gasteiger partial charge in [0.05, 0.1) is 0 Å². The molecule has 0 spiro atoms. The Bertz CT molecular complexity index is 949. The lowest BCUT2D eigenvalue weighted by Gasteiger charge is -2.18. The average Bonchev–Trinajstić information content (AvgIpc) is 3.26. The zero-order valence-corrected chi connectivity index (χ0v) is 42.5. The number of hydrogen-bond donors (Lipinski definition) is 0. The van der Waals surface area contributed by atoms with E-state index in [2.05, 4.69) is 34.6 Å². The summed E-state index contributed by atoms with van der Waals surface area (Å²) >= 11 is 0. The highest BCUT2D eigenvalue weighted by atomic mass is 16.6. The Balaban J connectivity index is 4.30. The van der Waals surface area contributed by atoms with Crippen molar-refractivity contribution in [3.8, 4) is 0 Å². The summed E-state index contributed by atoms with van der Waals surface area (Å²) in [5, 5.41) is 0. The molecule has 0 saturated heterocycles. The third-order valence-corrected chi connectivity index (χ3v) is 13.1. The molecule has 1 unspecified atom stereocenters. The van der Waals surface area contributed by atoms with Crippen LogP contribution in [0.2, 0.25) is 0 Å². The smallest absolute Gasteiger partial charge is 0.306 e. The van der Waals surface area contributed by atoms with Gasteiger partial charge in [-0.3, -0.25) is 14.4 Å². The quantitative estimate of drug-likeness (QED) is 0.0344. The van der Waals surface area contributed by atoms with Gasteiger partial charge in [-0.05, 0) is 31.1 Å². The van der Waals surface area contributed by atoms with Crippen LogP contribution in [0.4, 0.5) is 0 Å². The molecule has 0 radical (unpaired) electrons. The first-order valence-electron chi connectivity index (χ1n) is 27.8. The Kier molecular flexibility index (Phi) is 47.6. The number of carbonyl (C=O) groups is 3. The molecule has 0 bridgehead atoms. The monoisotopic (exact) mass is 877 g/mol. The molecule has 0 N–H and O–H groups in total. The largest absolute Gasteiger partial charge is 0.462 e. The molecule has 0 aromatic heterocycles. The third-order valence-electron chi connectivity index (χ3n) is 13.1. The van der Waals surface area contributed by atoms with Crippen LogP contribution in [0, 0.1) is 11.8 Å². The van der Waals surface area contributed by atoms with E-state index in [0.29, 0.717) is 19.3 Å². The van der Waals surface area contributed by atoms with Crippen LogP contribution < -0.4 is 0 Å². The van der Waals surface area contributed by atoms with Crippen LogP contribution >= 0.6 is 0 Å². The first-order chi connectivity index (χ1) is 30.3. The molecule has 0 rings (SSSR count). The Morgan fingerprint density at radius 3 is 0.919 bits per heavy atom. The topological polar surface area (TPSA) is 78.9 Å². The minimum absolute atomic E-state index is 0.0631. The van der Waals surface area contributed by atoms with Crippen LogP contribution in [-0.2, 0) is 28.6 Å². The Hall–Kier alpha value is -1.59. The first-order valence-corrected chi connectivity index (χ1v) is 27.8. The number of hydrogen-bond acceptors (Lipinski definition) is 6. The SMILES string of the molecule is CCCCCCCCCCCCCCC(=O)OC[C@H](COC(=O)CCCCCCCCCCCCC(C)CC)OC(=O)CCCCCCCCCCCCCCCCCC(C)C. The fraction of sp³-hybridized carbons (Fsp3) is 0.946. The van der Waals surface area contributed by atoms with Crippen LogP contribution in [0.15, 0.2) is 0 Å². The molecule has 0 aromatic carbocycles. The van der Waals surface area contributed by atoms with Crippen molar-refractivity contribution in [2.75, 3.05) is 13.2 Å².